The smallest absolute Gasteiger partial charge is 0.196 e. The van der Waals surface area contributed by atoms with Gasteiger partial charge in [-0.15, -0.1) is 0 Å². The number of nitrogens with one attached hydrogen (secondary N) is 1. The number of rotatable bonds is 6. The largest absolute Gasteiger partial charge is 0.468 e. The Bertz CT molecular complexity index is 683. The van der Waals surface area contributed by atoms with E-state index in [-0.39, 0.29) is 17.6 Å². The summed E-state index contributed by atoms with van der Waals surface area (Å²) in [7, 11) is 1.88. The molecule has 2 rings (SSSR count). The van der Waals surface area contributed by atoms with E-state index < -0.39 is 0 Å². The molecule has 0 amide bonds. The van der Waals surface area contributed by atoms with Crippen LogP contribution in [-0.4, -0.2) is 34.5 Å². The molecular weight excluding hydrogens is 280 g/mol. The van der Waals surface area contributed by atoms with Crippen LogP contribution in [0.1, 0.15) is 51.7 Å². The van der Waals surface area contributed by atoms with E-state index in [0.29, 0.717) is 17.8 Å². The number of likely N-dealkylation sites (N-methyl/N-ethyl adjacent to an activating group) is 1. The number of carbonyl (C=O) groups is 2. The SMILES string of the molecule is CC(=O)c1c(C)[nH]c(C(=O)C(C)N(C)Cc2ccco2)c1C. The van der Waals surface area contributed by atoms with Crippen molar-refractivity contribution in [1.29, 1.82) is 0 Å². The van der Waals surface area contributed by atoms with E-state index in [1.165, 1.54) is 6.92 Å². The summed E-state index contributed by atoms with van der Waals surface area (Å²) in [5.41, 5.74) is 2.60. The van der Waals surface area contributed by atoms with Gasteiger partial charge < -0.3 is 9.40 Å². The predicted molar refractivity (Wildman–Crippen MR) is 84.2 cm³/mol. The van der Waals surface area contributed by atoms with Gasteiger partial charge in [-0.05, 0) is 52.4 Å². The fourth-order valence-electron chi connectivity index (χ4n) is 2.72. The monoisotopic (exact) mass is 302 g/mol. The summed E-state index contributed by atoms with van der Waals surface area (Å²) in [5.74, 6) is 0.759. The highest BCUT2D eigenvalue weighted by Crippen LogP contribution is 2.21. The summed E-state index contributed by atoms with van der Waals surface area (Å²) >= 11 is 0. The minimum Gasteiger partial charge on any atom is -0.468 e. The number of ketones is 2. The maximum atomic E-state index is 12.7. The number of hydrogen-bond acceptors (Lipinski definition) is 4. The Hall–Kier alpha value is -2.14. The number of aromatic nitrogens is 1. The first kappa shape index (κ1) is 16.2. The van der Waals surface area contributed by atoms with Gasteiger partial charge in [0.2, 0.25) is 0 Å². The van der Waals surface area contributed by atoms with Gasteiger partial charge in [0.1, 0.15) is 5.76 Å². The molecule has 0 aliphatic rings. The van der Waals surface area contributed by atoms with Crippen molar-refractivity contribution in [3.63, 3.8) is 0 Å². The summed E-state index contributed by atoms with van der Waals surface area (Å²) in [6.07, 6.45) is 1.62. The highest BCUT2D eigenvalue weighted by atomic mass is 16.3. The standard InChI is InChI=1S/C17H22N2O3/c1-10-15(13(4)20)11(2)18-16(10)17(21)12(3)19(5)9-14-7-6-8-22-14/h6-8,12,18H,9H2,1-5H3. The summed E-state index contributed by atoms with van der Waals surface area (Å²) in [6.45, 7) is 7.56. The Kier molecular flexibility index (Phi) is 4.66. The Balaban J connectivity index is 2.20. The molecule has 0 spiro atoms. The summed E-state index contributed by atoms with van der Waals surface area (Å²) in [4.78, 5) is 29.4. The van der Waals surface area contributed by atoms with Gasteiger partial charge in [0.05, 0.1) is 24.5 Å². The number of hydrogen-bond donors (Lipinski definition) is 1. The number of aromatic amines is 1. The molecule has 22 heavy (non-hydrogen) atoms. The van der Waals surface area contributed by atoms with Gasteiger partial charge in [-0.1, -0.05) is 0 Å². The van der Waals surface area contributed by atoms with Crippen molar-refractivity contribution >= 4 is 11.6 Å². The fourth-order valence-corrected chi connectivity index (χ4v) is 2.72. The van der Waals surface area contributed by atoms with Crippen molar-refractivity contribution in [1.82, 2.24) is 9.88 Å². The van der Waals surface area contributed by atoms with E-state index >= 15 is 0 Å². The molecule has 0 aromatic carbocycles. The molecule has 1 N–H and O–H groups in total. The molecule has 1 atom stereocenters. The van der Waals surface area contributed by atoms with Crippen LogP contribution in [0.25, 0.3) is 0 Å². The minimum absolute atomic E-state index is 0.0258. The van der Waals surface area contributed by atoms with Gasteiger partial charge in [0.25, 0.3) is 0 Å². The second-order valence-corrected chi connectivity index (χ2v) is 5.72. The van der Waals surface area contributed by atoms with Gasteiger partial charge >= 0.3 is 0 Å². The number of Topliss-reactive ketones (excluding diaryl/α,β-unsaturated/α-hetero) is 2. The Morgan fingerprint density at radius 3 is 2.55 bits per heavy atom. The molecule has 0 saturated heterocycles. The molecule has 0 saturated carbocycles. The minimum atomic E-state index is -0.318. The van der Waals surface area contributed by atoms with Crippen molar-refractivity contribution in [2.75, 3.05) is 7.05 Å². The number of H-pyrrole nitrogens is 1. The van der Waals surface area contributed by atoms with Gasteiger partial charge in [0.15, 0.2) is 11.6 Å². The summed E-state index contributed by atoms with van der Waals surface area (Å²) < 4.78 is 5.31. The normalized spacial score (nSPS) is 12.6. The van der Waals surface area contributed by atoms with Crippen LogP contribution < -0.4 is 0 Å². The van der Waals surface area contributed by atoms with Crippen molar-refractivity contribution < 1.29 is 14.0 Å². The van der Waals surface area contributed by atoms with Gasteiger partial charge in [0, 0.05) is 11.3 Å². The lowest BCUT2D eigenvalue weighted by Gasteiger charge is -2.22. The zero-order chi connectivity index (χ0) is 16.4. The topological polar surface area (TPSA) is 66.3 Å². The van der Waals surface area contributed by atoms with Gasteiger partial charge in [-0.2, -0.15) is 0 Å². The quantitative estimate of drug-likeness (QED) is 0.833. The Morgan fingerprint density at radius 2 is 2.05 bits per heavy atom. The average Bonchev–Trinajstić information content (AvgIpc) is 3.05. The highest BCUT2D eigenvalue weighted by Gasteiger charge is 2.26. The number of nitrogens with zero attached hydrogens (tertiary/aromatic N) is 1. The molecule has 2 aromatic rings. The molecule has 5 nitrogen and oxygen atoms in total. The Labute approximate surface area is 130 Å². The molecule has 118 valence electrons. The number of furan rings is 1. The highest BCUT2D eigenvalue weighted by molar-refractivity contribution is 6.05. The van der Waals surface area contributed by atoms with Crippen LogP contribution in [0, 0.1) is 13.8 Å². The summed E-state index contributed by atoms with van der Waals surface area (Å²) in [5, 5.41) is 0. The lowest BCUT2D eigenvalue weighted by atomic mass is 10.0. The molecule has 0 fully saturated rings. The van der Waals surface area contributed by atoms with Crippen LogP contribution in [0.2, 0.25) is 0 Å². The van der Waals surface area contributed by atoms with Gasteiger partial charge in [-0.3, -0.25) is 14.5 Å². The van der Waals surface area contributed by atoms with Crippen LogP contribution in [0.5, 0.6) is 0 Å². The zero-order valence-electron chi connectivity index (χ0n) is 13.7. The third-order valence-electron chi connectivity index (χ3n) is 4.06. The lowest BCUT2D eigenvalue weighted by molar-refractivity contribution is 0.0850. The molecular formula is C17H22N2O3. The molecule has 2 aromatic heterocycles. The van der Waals surface area contributed by atoms with Crippen LogP contribution >= 0.6 is 0 Å². The molecule has 1 unspecified atom stereocenters. The zero-order valence-corrected chi connectivity index (χ0v) is 13.7. The second-order valence-electron chi connectivity index (χ2n) is 5.72. The first-order valence-electron chi connectivity index (χ1n) is 7.29. The Morgan fingerprint density at radius 1 is 1.36 bits per heavy atom. The van der Waals surface area contributed by atoms with E-state index in [2.05, 4.69) is 4.98 Å². The fraction of sp³-hybridized carbons (Fsp3) is 0.412. The third-order valence-corrected chi connectivity index (χ3v) is 4.06. The van der Waals surface area contributed by atoms with Crippen LogP contribution in [0.15, 0.2) is 22.8 Å². The molecule has 5 heteroatoms. The van der Waals surface area contributed by atoms with Crippen molar-refractivity contribution in [2.45, 2.75) is 40.3 Å². The maximum Gasteiger partial charge on any atom is 0.196 e. The van der Waals surface area contributed by atoms with Crippen LogP contribution in [0.4, 0.5) is 0 Å². The molecule has 0 aliphatic carbocycles. The maximum absolute atomic E-state index is 12.7. The van der Waals surface area contributed by atoms with Crippen LogP contribution in [-0.2, 0) is 6.54 Å². The van der Waals surface area contributed by atoms with E-state index in [4.69, 9.17) is 4.42 Å². The van der Waals surface area contributed by atoms with E-state index in [0.717, 1.165) is 17.0 Å². The molecule has 0 aliphatic heterocycles. The van der Waals surface area contributed by atoms with Crippen LogP contribution in [0.3, 0.4) is 0 Å². The van der Waals surface area contributed by atoms with E-state index in [9.17, 15) is 9.59 Å². The summed E-state index contributed by atoms with van der Waals surface area (Å²) in [6, 6.07) is 3.39. The number of aryl methyl sites for hydroxylation is 1. The van der Waals surface area contributed by atoms with Crippen molar-refractivity contribution in [3.8, 4) is 0 Å². The first-order chi connectivity index (χ1) is 10.3. The lowest BCUT2D eigenvalue weighted by Crippen LogP contribution is -2.36. The van der Waals surface area contributed by atoms with E-state index in [1.807, 2.05) is 44.9 Å². The molecule has 0 radical (unpaired) electrons. The molecule has 0 bridgehead atoms. The first-order valence-corrected chi connectivity index (χ1v) is 7.29. The van der Waals surface area contributed by atoms with Gasteiger partial charge in [-0.25, -0.2) is 0 Å². The number of carbonyl (C=O) groups excluding carboxylic acids is 2. The van der Waals surface area contributed by atoms with E-state index in [1.54, 1.807) is 6.26 Å². The average molecular weight is 302 g/mol. The van der Waals surface area contributed by atoms with Crippen molar-refractivity contribution in [2.24, 2.45) is 0 Å². The second kappa shape index (κ2) is 6.32. The molecule has 2 heterocycles. The predicted octanol–water partition coefficient (Wildman–Crippen LogP) is 3.13. The third kappa shape index (κ3) is 3.04. The van der Waals surface area contributed by atoms with Crippen molar-refractivity contribution in [3.05, 3.63) is 46.7 Å².